The van der Waals surface area contributed by atoms with E-state index in [1.807, 2.05) is 0 Å². The van der Waals surface area contributed by atoms with Crippen molar-refractivity contribution in [3.63, 3.8) is 0 Å². The molecule has 2 aromatic rings. The van der Waals surface area contributed by atoms with Crippen molar-refractivity contribution in [1.82, 2.24) is 9.78 Å². The average Bonchev–Trinajstić information content (AvgIpc) is 2.53. The van der Waals surface area contributed by atoms with Gasteiger partial charge >= 0.3 is 5.97 Å². The van der Waals surface area contributed by atoms with E-state index in [1.165, 1.54) is 0 Å². The van der Waals surface area contributed by atoms with E-state index < -0.39 is 12.1 Å². The number of hydrogen-bond acceptors (Lipinski definition) is 3. The molecule has 0 amide bonds. The lowest BCUT2D eigenvalue weighted by atomic mass is 10.1. The summed E-state index contributed by atoms with van der Waals surface area (Å²) in [5.41, 5.74) is 1.21. The molecule has 0 spiro atoms. The molecule has 1 atom stereocenters. The van der Waals surface area contributed by atoms with E-state index in [4.69, 9.17) is 5.11 Å². The number of carbonyl (C=O) groups is 1. The topological polar surface area (TPSA) is 75.3 Å². The molecular formula is C10H9BrN2O3. The van der Waals surface area contributed by atoms with Crippen molar-refractivity contribution in [2.45, 2.75) is 6.10 Å². The number of rotatable bonds is 2. The van der Waals surface area contributed by atoms with Gasteiger partial charge in [0.1, 0.15) is 4.60 Å². The molecule has 0 aliphatic heterocycles. The van der Waals surface area contributed by atoms with Crippen LogP contribution in [0, 0.1) is 0 Å². The Kier molecular flexibility index (Phi) is 2.69. The second-order valence-electron chi connectivity index (χ2n) is 3.43. The summed E-state index contributed by atoms with van der Waals surface area (Å²) in [6.07, 6.45) is -1.50. The number of aliphatic hydroxyl groups is 1. The second-order valence-corrected chi connectivity index (χ2v) is 4.18. The maximum atomic E-state index is 10.6. The third-order valence-electron chi connectivity index (χ3n) is 2.38. The first-order valence-electron chi connectivity index (χ1n) is 4.53. The van der Waals surface area contributed by atoms with E-state index in [0.717, 1.165) is 10.9 Å². The summed E-state index contributed by atoms with van der Waals surface area (Å²) in [5, 5.41) is 23.0. The molecule has 0 radical (unpaired) electrons. The Labute approximate surface area is 99.4 Å². The largest absolute Gasteiger partial charge is 0.479 e. The molecule has 1 aromatic carbocycles. The number of aliphatic hydroxyl groups excluding tert-OH is 1. The minimum absolute atomic E-state index is 0.341. The predicted molar refractivity (Wildman–Crippen MR) is 61.0 cm³/mol. The molecule has 0 aliphatic carbocycles. The van der Waals surface area contributed by atoms with E-state index in [2.05, 4.69) is 21.0 Å². The van der Waals surface area contributed by atoms with Gasteiger partial charge in [-0.15, -0.1) is 0 Å². The third kappa shape index (κ3) is 1.70. The monoisotopic (exact) mass is 284 g/mol. The molecule has 1 aromatic heterocycles. The Morgan fingerprint density at radius 2 is 2.25 bits per heavy atom. The number of fused-ring (bicyclic) bond motifs is 1. The molecule has 6 heteroatoms. The van der Waals surface area contributed by atoms with Crippen molar-refractivity contribution < 1.29 is 15.0 Å². The number of aliphatic carboxylic acids is 1. The van der Waals surface area contributed by atoms with Crippen LogP contribution < -0.4 is 0 Å². The van der Waals surface area contributed by atoms with Crippen molar-refractivity contribution in [3.8, 4) is 0 Å². The fraction of sp³-hybridized carbons (Fsp3) is 0.200. The van der Waals surface area contributed by atoms with Gasteiger partial charge in [0.25, 0.3) is 0 Å². The summed E-state index contributed by atoms with van der Waals surface area (Å²) in [6.45, 7) is 0. The van der Waals surface area contributed by atoms with E-state index in [1.54, 1.807) is 29.9 Å². The maximum Gasteiger partial charge on any atom is 0.337 e. The standard InChI is InChI=1S/C10H9BrN2O3/c1-13-7-3-2-5(8(14)10(15)16)4-6(7)9(11)12-13/h2-4,8,14H,1H3,(H,15,16). The molecule has 16 heavy (non-hydrogen) atoms. The second kappa shape index (κ2) is 3.88. The fourth-order valence-corrected chi connectivity index (χ4v) is 2.11. The summed E-state index contributed by atoms with van der Waals surface area (Å²) < 4.78 is 2.31. The smallest absolute Gasteiger partial charge is 0.337 e. The van der Waals surface area contributed by atoms with Crippen LogP contribution in [0.3, 0.4) is 0 Å². The third-order valence-corrected chi connectivity index (χ3v) is 2.96. The van der Waals surface area contributed by atoms with E-state index in [-0.39, 0.29) is 0 Å². The van der Waals surface area contributed by atoms with Crippen molar-refractivity contribution in [1.29, 1.82) is 0 Å². The molecular weight excluding hydrogens is 276 g/mol. The molecule has 1 unspecified atom stereocenters. The lowest BCUT2D eigenvalue weighted by Crippen LogP contribution is -2.10. The molecule has 0 saturated heterocycles. The van der Waals surface area contributed by atoms with E-state index >= 15 is 0 Å². The van der Waals surface area contributed by atoms with Gasteiger partial charge in [0.15, 0.2) is 6.10 Å². The Bertz CT molecular complexity index is 564. The first-order chi connectivity index (χ1) is 7.50. The average molecular weight is 285 g/mol. The van der Waals surface area contributed by atoms with Gasteiger partial charge in [-0.1, -0.05) is 6.07 Å². The number of aryl methyl sites for hydroxylation is 1. The van der Waals surface area contributed by atoms with Crippen LogP contribution in [0.1, 0.15) is 11.7 Å². The van der Waals surface area contributed by atoms with Crippen LogP contribution in [0.25, 0.3) is 10.9 Å². The van der Waals surface area contributed by atoms with Crippen LogP contribution >= 0.6 is 15.9 Å². The highest BCUT2D eigenvalue weighted by Crippen LogP contribution is 2.26. The van der Waals surface area contributed by atoms with Crippen LogP contribution in [-0.2, 0) is 11.8 Å². The van der Waals surface area contributed by atoms with Crippen molar-refractivity contribution in [2.75, 3.05) is 0 Å². The minimum Gasteiger partial charge on any atom is -0.479 e. The zero-order valence-electron chi connectivity index (χ0n) is 8.38. The summed E-state index contributed by atoms with van der Waals surface area (Å²) in [4.78, 5) is 10.6. The first-order valence-corrected chi connectivity index (χ1v) is 5.33. The van der Waals surface area contributed by atoms with Gasteiger partial charge < -0.3 is 10.2 Å². The SMILES string of the molecule is Cn1nc(Br)c2cc(C(O)C(=O)O)ccc21. The van der Waals surface area contributed by atoms with Gasteiger partial charge in [0.05, 0.1) is 5.52 Å². The number of aromatic nitrogens is 2. The fourth-order valence-electron chi connectivity index (χ4n) is 1.55. The molecule has 84 valence electrons. The molecule has 0 aliphatic rings. The quantitative estimate of drug-likeness (QED) is 0.875. The van der Waals surface area contributed by atoms with Crippen LogP contribution in [0.2, 0.25) is 0 Å². The number of nitrogens with zero attached hydrogens (tertiary/aromatic N) is 2. The summed E-state index contributed by atoms with van der Waals surface area (Å²) in [5.74, 6) is -1.26. The number of hydrogen-bond donors (Lipinski definition) is 2. The van der Waals surface area contributed by atoms with Gasteiger partial charge in [-0.05, 0) is 33.6 Å². The van der Waals surface area contributed by atoms with Gasteiger partial charge in [-0.25, -0.2) is 4.79 Å². The van der Waals surface area contributed by atoms with Crippen molar-refractivity contribution >= 4 is 32.8 Å². The normalized spacial score (nSPS) is 12.9. The Morgan fingerprint density at radius 3 is 2.88 bits per heavy atom. The molecule has 0 fully saturated rings. The van der Waals surface area contributed by atoms with Crippen LogP contribution in [0.5, 0.6) is 0 Å². The molecule has 2 rings (SSSR count). The van der Waals surface area contributed by atoms with E-state index in [9.17, 15) is 9.90 Å². The zero-order chi connectivity index (χ0) is 11.9. The molecule has 1 heterocycles. The van der Waals surface area contributed by atoms with Gasteiger partial charge in [0.2, 0.25) is 0 Å². The van der Waals surface area contributed by atoms with Crippen LogP contribution in [-0.4, -0.2) is 26.0 Å². The Morgan fingerprint density at radius 1 is 1.56 bits per heavy atom. The summed E-state index contributed by atoms with van der Waals surface area (Å²) in [7, 11) is 1.79. The maximum absolute atomic E-state index is 10.6. The van der Waals surface area contributed by atoms with Gasteiger partial charge in [-0.3, -0.25) is 4.68 Å². The van der Waals surface area contributed by atoms with Crippen molar-refractivity contribution in [3.05, 3.63) is 28.4 Å². The molecule has 0 saturated carbocycles. The molecule has 5 nitrogen and oxygen atoms in total. The lowest BCUT2D eigenvalue weighted by Gasteiger charge is -2.05. The highest BCUT2D eigenvalue weighted by Gasteiger charge is 2.17. The van der Waals surface area contributed by atoms with Gasteiger partial charge in [-0.2, -0.15) is 5.10 Å². The Hall–Kier alpha value is -1.40. The zero-order valence-corrected chi connectivity index (χ0v) is 9.97. The molecule has 0 bridgehead atoms. The number of carboxylic acids is 1. The van der Waals surface area contributed by atoms with Crippen LogP contribution in [0.15, 0.2) is 22.8 Å². The highest BCUT2D eigenvalue weighted by atomic mass is 79.9. The van der Waals surface area contributed by atoms with Crippen LogP contribution in [0.4, 0.5) is 0 Å². The highest BCUT2D eigenvalue weighted by molar-refractivity contribution is 9.10. The van der Waals surface area contributed by atoms with E-state index in [0.29, 0.717) is 10.2 Å². The first kappa shape index (κ1) is 11.1. The number of halogens is 1. The Balaban J connectivity index is 2.60. The molecule has 2 N–H and O–H groups in total. The summed E-state index contributed by atoms with van der Waals surface area (Å²) >= 11 is 3.28. The predicted octanol–water partition coefficient (Wildman–Crippen LogP) is 1.45. The van der Waals surface area contributed by atoms with Gasteiger partial charge in [0, 0.05) is 12.4 Å². The number of benzene rings is 1. The lowest BCUT2D eigenvalue weighted by molar-refractivity contribution is -0.146. The summed E-state index contributed by atoms with van der Waals surface area (Å²) in [6, 6.07) is 4.93. The minimum atomic E-state index is -1.50. The number of carboxylic acid groups (broad SMARTS) is 1. The van der Waals surface area contributed by atoms with Crippen molar-refractivity contribution in [2.24, 2.45) is 7.05 Å².